The van der Waals surface area contributed by atoms with Crippen LogP contribution >= 0.6 is 0 Å². The van der Waals surface area contributed by atoms with E-state index in [1.165, 1.54) is 0 Å². The minimum Gasteiger partial charge on any atom is -0.367 e. The molecular weight excluding hydrogens is 152 g/mol. The van der Waals surface area contributed by atoms with Crippen LogP contribution in [0.4, 0.5) is 5.82 Å². The number of rotatable bonds is 2. The molecule has 0 aliphatic carbocycles. The lowest BCUT2D eigenvalue weighted by Crippen LogP contribution is -2.19. The Kier molecular flexibility index (Phi) is 2.35. The highest BCUT2D eigenvalue weighted by atomic mass is 15.4. The number of hydrogen-bond donors (Lipinski definition) is 2. The molecule has 4 nitrogen and oxygen atoms in total. The molecule has 68 valence electrons. The van der Waals surface area contributed by atoms with Crippen molar-refractivity contribution < 1.29 is 0 Å². The van der Waals surface area contributed by atoms with Gasteiger partial charge in [0.2, 0.25) is 0 Å². The molecule has 4 heteroatoms. The first-order chi connectivity index (χ1) is 5.49. The molecule has 2 N–H and O–H groups in total. The number of aryl methyl sites for hydroxylation is 1. The van der Waals surface area contributed by atoms with Gasteiger partial charge >= 0.3 is 0 Å². The standard InChI is InChI=1S/C8H16N4/c1-6-7(11-12-10-6)9-5-8(2,3)4/h5H2,1-4H3,(H2,9,10,11,12). The Morgan fingerprint density at radius 1 is 1.33 bits per heavy atom. The van der Waals surface area contributed by atoms with E-state index in [0.29, 0.717) is 0 Å². The van der Waals surface area contributed by atoms with E-state index < -0.39 is 0 Å². The number of nitrogens with zero attached hydrogens (tertiary/aromatic N) is 2. The van der Waals surface area contributed by atoms with Gasteiger partial charge < -0.3 is 5.32 Å². The lowest BCUT2D eigenvalue weighted by atomic mass is 9.97. The number of aromatic nitrogens is 3. The Morgan fingerprint density at radius 2 is 2.00 bits per heavy atom. The minimum absolute atomic E-state index is 0.269. The van der Waals surface area contributed by atoms with E-state index >= 15 is 0 Å². The molecule has 1 aromatic heterocycles. The van der Waals surface area contributed by atoms with E-state index in [0.717, 1.165) is 18.1 Å². The molecule has 12 heavy (non-hydrogen) atoms. The quantitative estimate of drug-likeness (QED) is 0.704. The lowest BCUT2D eigenvalue weighted by Gasteiger charge is -2.18. The van der Waals surface area contributed by atoms with Crippen molar-refractivity contribution in [3.05, 3.63) is 5.69 Å². The molecule has 0 saturated carbocycles. The largest absolute Gasteiger partial charge is 0.367 e. The van der Waals surface area contributed by atoms with Gasteiger partial charge in [-0.15, -0.1) is 5.10 Å². The number of aromatic amines is 1. The Hall–Kier alpha value is -1.06. The zero-order valence-corrected chi connectivity index (χ0v) is 8.10. The maximum Gasteiger partial charge on any atom is 0.171 e. The summed E-state index contributed by atoms with van der Waals surface area (Å²) in [5.74, 6) is 0.852. The Bertz CT molecular complexity index is 246. The number of H-pyrrole nitrogens is 1. The van der Waals surface area contributed by atoms with Crippen molar-refractivity contribution in [2.24, 2.45) is 5.41 Å². The fourth-order valence-corrected chi connectivity index (χ4v) is 0.800. The van der Waals surface area contributed by atoms with Crippen LogP contribution < -0.4 is 5.32 Å². The second-order valence-electron chi connectivity index (χ2n) is 4.17. The van der Waals surface area contributed by atoms with Gasteiger partial charge in [0.25, 0.3) is 0 Å². The van der Waals surface area contributed by atoms with Gasteiger partial charge in [-0.3, -0.25) is 0 Å². The van der Waals surface area contributed by atoms with Gasteiger partial charge in [0.15, 0.2) is 5.82 Å². The van der Waals surface area contributed by atoms with Gasteiger partial charge in [0.1, 0.15) is 5.69 Å². The first kappa shape index (κ1) is 9.03. The SMILES string of the molecule is Cc1n[nH]nc1NCC(C)(C)C. The van der Waals surface area contributed by atoms with Crippen LogP contribution in [0.3, 0.4) is 0 Å². The molecule has 0 spiro atoms. The van der Waals surface area contributed by atoms with Gasteiger partial charge in [-0.2, -0.15) is 10.3 Å². The predicted octanol–water partition coefficient (Wildman–Crippen LogP) is 1.57. The fourth-order valence-electron chi connectivity index (χ4n) is 0.800. The van der Waals surface area contributed by atoms with Crippen LogP contribution in [0.15, 0.2) is 0 Å². The molecule has 0 aliphatic heterocycles. The summed E-state index contributed by atoms with van der Waals surface area (Å²) in [6, 6.07) is 0. The summed E-state index contributed by atoms with van der Waals surface area (Å²) in [5, 5.41) is 13.7. The molecule has 0 saturated heterocycles. The summed E-state index contributed by atoms with van der Waals surface area (Å²) in [6.07, 6.45) is 0. The number of nitrogens with one attached hydrogen (secondary N) is 2. The second-order valence-corrected chi connectivity index (χ2v) is 4.17. The first-order valence-electron chi connectivity index (χ1n) is 4.10. The van der Waals surface area contributed by atoms with Crippen molar-refractivity contribution in [3.8, 4) is 0 Å². The average Bonchev–Trinajstić information content (AvgIpc) is 2.29. The third-order valence-electron chi connectivity index (χ3n) is 1.51. The molecule has 0 atom stereocenters. The van der Waals surface area contributed by atoms with Crippen LogP contribution in [0.2, 0.25) is 0 Å². The first-order valence-corrected chi connectivity index (χ1v) is 4.10. The fraction of sp³-hybridized carbons (Fsp3) is 0.750. The molecule has 0 unspecified atom stereocenters. The zero-order chi connectivity index (χ0) is 9.19. The van der Waals surface area contributed by atoms with Crippen LogP contribution in [0, 0.1) is 12.3 Å². The molecule has 0 fully saturated rings. The second kappa shape index (κ2) is 3.13. The van der Waals surface area contributed by atoms with E-state index in [-0.39, 0.29) is 5.41 Å². The summed E-state index contributed by atoms with van der Waals surface area (Å²) in [7, 11) is 0. The number of hydrogen-bond acceptors (Lipinski definition) is 3. The normalized spacial score (nSPS) is 11.7. The van der Waals surface area contributed by atoms with Crippen molar-refractivity contribution in [2.75, 3.05) is 11.9 Å². The summed E-state index contributed by atoms with van der Waals surface area (Å²) in [6.45, 7) is 9.36. The van der Waals surface area contributed by atoms with E-state index in [4.69, 9.17) is 0 Å². The summed E-state index contributed by atoms with van der Waals surface area (Å²) in [5.41, 5.74) is 1.19. The third-order valence-corrected chi connectivity index (χ3v) is 1.51. The monoisotopic (exact) mass is 168 g/mol. The van der Waals surface area contributed by atoms with Crippen LogP contribution in [0.5, 0.6) is 0 Å². The molecule has 0 radical (unpaired) electrons. The average molecular weight is 168 g/mol. The maximum atomic E-state index is 3.97. The Morgan fingerprint density at radius 3 is 2.42 bits per heavy atom. The molecule has 1 heterocycles. The molecule has 0 bridgehead atoms. The van der Waals surface area contributed by atoms with Crippen molar-refractivity contribution in [1.82, 2.24) is 15.4 Å². The van der Waals surface area contributed by atoms with Crippen LogP contribution in [0.1, 0.15) is 26.5 Å². The topological polar surface area (TPSA) is 53.6 Å². The third kappa shape index (κ3) is 2.53. The van der Waals surface area contributed by atoms with Gasteiger partial charge in [-0.25, -0.2) is 0 Å². The van der Waals surface area contributed by atoms with Crippen molar-refractivity contribution in [1.29, 1.82) is 0 Å². The highest BCUT2D eigenvalue weighted by Crippen LogP contribution is 2.14. The molecule has 1 rings (SSSR count). The van der Waals surface area contributed by atoms with Crippen LogP contribution in [0.25, 0.3) is 0 Å². The van der Waals surface area contributed by atoms with E-state index in [9.17, 15) is 0 Å². The lowest BCUT2D eigenvalue weighted by molar-refractivity contribution is 0.442. The smallest absolute Gasteiger partial charge is 0.171 e. The van der Waals surface area contributed by atoms with Gasteiger partial charge in [-0.05, 0) is 12.3 Å². The van der Waals surface area contributed by atoms with E-state index in [1.807, 2.05) is 6.92 Å². The Balaban J connectivity index is 2.49. The molecular formula is C8H16N4. The van der Waals surface area contributed by atoms with Crippen molar-refractivity contribution in [3.63, 3.8) is 0 Å². The van der Waals surface area contributed by atoms with E-state index in [2.05, 4.69) is 41.5 Å². The maximum absolute atomic E-state index is 3.97. The molecule has 0 aliphatic rings. The summed E-state index contributed by atoms with van der Waals surface area (Å²) in [4.78, 5) is 0. The van der Waals surface area contributed by atoms with Gasteiger partial charge in [0, 0.05) is 6.54 Å². The highest BCUT2D eigenvalue weighted by molar-refractivity contribution is 5.37. The summed E-state index contributed by atoms with van der Waals surface area (Å²) < 4.78 is 0. The van der Waals surface area contributed by atoms with Crippen LogP contribution in [-0.2, 0) is 0 Å². The van der Waals surface area contributed by atoms with E-state index in [1.54, 1.807) is 0 Å². The zero-order valence-electron chi connectivity index (χ0n) is 8.10. The van der Waals surface area contributed by atoms with Crippen molar-refractivity contribution >= 4 is 5.82 Å². The van der Waals surface area contributed by atoms with Gasteiger partial charge in [-0.1, -0.05) is 20.8 Å². The van der Waals surface area contributed by atoms with Gasteiger partial charge in [0.05, 0.1) is 0 Å². The summed E-state index contributed by atoms with van der Waals surface area (Å²) >= 11 is 0. The molecule has 1 aromatic rings. The molecule has 0 aromatic carbocycles. The highest BCUT2D eigenvalue weighted by Gasteiger charge is 2.11. The van der Waals surface area contributed by atoms with Crippen molar-refractivity contribution in [2.45, 2.75) is 27.7 Å². The van der Waals surface area contributed by atoms with Crippen LogP contribution in [-0.4, -0.2) is 22.0 Å². The predicted molar refractivity (Wildman–Crippen MR) is 49.1 cm³/mol. The minimum atomic E-state index is 0.269. The molecule has 0 amide bonds. The number of anilines is 1. The Labute approximate surface area is 72.8 Å².